The average molecular weight is 197 g/mol. The maximum Gasteiger partial charge on any atom is 0.143 e. The van der Waals surface area contributed by atoms with Crippen LogP contribution in [-0.2, 0) is 11.2 Å². The number of ketones is 1. The van der Waals surface area contributed by atoms with Crippen LogP contribution in [0.25, 0.3) is 0 Å². The van der Waals surface area contributed by atoms with Crippen LogP contribution in [0.3, 0.4) is 0 Å². The van der Waals surface area contributed by atoms with Gasteiger partial charge < -0.3 is 5.32 Å². The second-order valence-corrected chi connectivity index (χ2v) is 3.84. The Morgan fingerprint density at radius 1 is 1.77 bits per heavy atom. The summed E-state index contributed by atoms with van der Waals surface area (Å²) in [6.07, 6.45) is 1.42. The molecule has 1 atom stereocenters. The Morgan fingerprint density at radius 3 is 3.31 bits per heavy atom. The van der Waals surface area contributed by atoms with Crippen molar-refractivity contribution in [2.24, 2.45) is 5.92 Å². The molecule has 0 aliphatic carbocycles. The van der Waals surface area contributed by atoms with Crippen molar-refractivity contribution in [3.05, 3.63) is 11.1 Å². The van der Waals surface area contributed by atoms with Crippen LogP contribution in [0.15, 0.2) is 5.38 Å². The molecule has 1 aliphatic heterocycles. The second-order valence-electron chi connectivity index (χ2n) is 3.23. The summed E-state index contributed by atoms with van der Waals surface area (Å²) in [6.45, 7) is 1.79. The minimum absolute atomic E-state index is 0.196. The highest BCUT2D eigenvalue weighted by atomic mass is 32.1. The van der Waals surface area contributed by atoms with Gasteiger partial charge in [-0.2, -0.15) is 0 Å². The summed E-state index contributed by atoms with van der Waals surface area (Å²) in [6, 6.07) is 0. The fourth-order valence-corrected chi connectivity index (χ4v) is 1.96. The Morgan fingerprint density at radius 2 is 2.69 bits per heavy atom. The summed E-state index contributed by atoms with van der Waals surface area (Å²) in [5.74, 6) is 0.486. The molecule has 0 aromatic carbocycles. The van der Waals surface area contributed by atoms with Crippen molar-refractivity contribution < 1.29 is 4.79 Å². The first-order valence-electron chi connectivity index (χ1n) is 4.35. The van der Waals surface area contributed by atoms with Crippen molar-refractivity contribution in [3.63, 3.8) is 0 Å². The van der Waals surface area contributed by atoms with Crippen LogP contribution >= 0.6 is 11.5 Å². The maximum absolute atomic E-state index is 11.6. The van der Waals surface area contributed by atoms with E-state index in [1.54, 1.807) is 0 Å². The number of hydrogen-bond acceptors (Lipinski definition) is 5. The number of carbonyl (C=O) groups is 1. The van der Waals surface area contributed by atoms with Gasteiger partial charge in [-0.3, -0.25) is 4.79 Å². The van der Waals surface area contributed by atoms with E-state index in [0.717, 1.165) is 25.2 Å². The smallest absolute Gasteiger partial charge is 0.143 e. The molecule has 0 amide bonds. The number of carbonyl (C=O) groups excluding carboxylic acids is 1. The molecule has 1 aliphatic rings. The van der Waals surface area contributed by atoms with Crippen LogP contribution in [0.4, 0.5) is 0 Å². The third-order valence-electron chi connectivity index (χ3n) is 2.28. The molecule has 1 unspecified atom stereocenters. The molecule has 4 nitrogen and oxygen atoms in total. The Kier molecular flexibility index (Phi) is 2.65. The normalized spacial score (nSPS) is 22.0. The molecule has 1 aromatic heterocycles. The van der Waals surface area contributed by atoms with E-state index in [-0.39, 0.29) is 11.7 Å². The molecule has 1 saturated heterocycles. The van der Waals surface area contributed by atoms with E-state index in [1.807, 2.05) is 5.38 Å². The lowest BCUT2D eigenvalue weighted by Crippen LogP contribution is -2.19. The monoisotopic (exact) mass is 197 g/mol. The molecular formula is C8H11N3OS. The highest BCUT2D eigenvalue weighted by Gasteiger charge is 2.22. The van der Waals surface area contributed by atoms with Gasteiger partial charge in [-0.15, -0.1) is 5.10 Å². The van der Waals surface area contributed by atoms with Gasteiger partial charge in [0.2, 0.25) is 0 Å². The Labute approximate surface area is 80.5 Å². The maximum atomic E-state index is 11.6. The number of hydrogen-bond donors (Lipinski definition) is 1. The molecule has 13 heavy (non-hydrogen) atoms. The zero-order valence-corrected chi connectivity index (χ0v) is 8.01. The van der Waals surface area contributed by atoms with Crippen LogP contribution in [0.1, 0.15) is 12.1 Å². The van der Waals surface area contributed by atoms with Gasteiger partial charge in [-0.1, -0.05) is 4.49 Å². The van der Waals surface area contributed by atoms with E-state index in [0.29, 0.717) is 6.42 Å². The van der Waals surface area contributed by atoms with E-state index in [9.17, 15) is 4.79 Å². The lowest BCUT2D eigenvalue weighted by atomic mass is 10.0. The van der Waals surface area contributed by atoms with Crippen molar-refractivity contribution in [1.29, 1.82) is 0 Å². The van der Waals surface area contributed by atoms with Gasteiger partial charge in [0, 0.05) is 17.8 Å². The third-order valence-corrected chi connectivity index (χ3v) is 2.83. The third kappa shape index (κ3) is 2.10. The molecule has 1 N–H and O–H groups in total. The molecule has 70 valence electrons. The van der Waals surface area contributed by atoms with Crippen LogP contribution in [0.5, 0.6) is 0 Å². The van der Waals surface area contributed by atoms with Crippen LogP contribution in [0, 0.1) is 5.92 Å². The lowest BCUT2D eigenvalue weighted by molar-refractivity contribution is -0.121. The summed E-state index contributed by atoms with van der Waals surface area (Å²) >= 11 is 1.30. The fourth-order valence-electron chi connectivity index (χ4n) is 1.51. The van der Waals surface area contributed by atoms with Gasteiger partial charge >= 0.3 is 0 Å². The first-order chi connectivity index (χ1) is 6.36. The molecule has 2 heterocycles. The number of Topliss-reactive ketones (excluding diaryl/α,β-unsaturated/α-hetero) is 1. The molecular weight excluding hydrogens is 186 g/mol. The van der Waals surface area contributed by atoms with E-state index >= 15 is 0 Å². The van der Waals surface area contributed by atoms with Crippen molar-refractivity contribution in [1.82, 2.24) is 14.9 Å². The predicted octanol–water partition coefficient (Wildman–Crippen LogP) is 0.259. The molecule has 0 bridgehead atoms. The van der Waals surface area contributed by atoms with E-state index in [4.69, 9.17) is 0 Å². The van der Waals surface area contributed by atoms with Crippen molar-refractivity contribution in [3.8, 4) is 0 Å². The highest BCUT2D eigenvalue weighted by Crippen LogP contribution is 2.11. The highest BCUT2D eigenvalue weighted by molar-refractivity contribution is 7.03. The molecule has 0 saturated carbocycles. The average Bonchev–Trinajstić information content (AvgIpc) is 2.74. The summed E-state index contributed by atoms with van der Waals surface area (Å²) in [7, 11) is 0. The van der Waals surface area contributed by atoms with Crippen molar-refractivity contribution in [2.45, 2.75) is 12.8 Å². The molecule has 5 heteroatoms. The SMILES string of the molecule is O=C(Cc1csnn1)C1CCNC1. The van der Waals surface area contributed by atoms with Gasteiger partial charge in [0.05, 0.1) is 12.1 Å². The van der Waals surface area contributed by atoms with E-state index in [2.05, 4.69) is 14.9 Å². The Hall–Kier alpha value is -0.810. The fraction of sp³-hybridized carbons (Fsp3) is 0.625. The summed E-state index contributed by atoms with van der Waals surface area (Å²) in [5, 5.41) is 8.87. The largest absolute Gasteiger partial charge is 0.316 e. The molecule has 1 aromatic rings. The van der Waals surface area contributed by atoms with Crippen LogP contribution in [-0.4, -0.2) is 28.5 Å². The molecule has 2 rings (SSSR count). The standard InChI is InChI=1S/C8H11N3OS/c12-8(6-1-2-9-4-6)3-7-5-13-11-10-7/h5-6,9H,1-4H2. The predicted molar refractivity (Wildman–Crippen MR) is 49.6 cm³/mol. The molecule has 1 fully saturated rings. The van der Waals surface area contributed by atoms with Crippen LogP contribution < -0.4 is 5.32 Å². The number of rotatable bonds is 3. The first-order valence-corrected chi connectivity index (χ1v) is 5.19. The Balaban J connectivity index is 1.91. The molecule has 0 radical (unpaired) electrons. The summed E-state index contributed by atoms with van der Waals surface area (Å²) < 4.78 is 3.73. The van der Waals surface area contributed by atoms with Crippen molar-refractivity contribution in [2.75, 3.05) is 13.1 Å². The zero-order valence-electron chi connectivity index (χ0n) is 7.19. The molecule has 0 spiro atoms. The van der Waals surface area contributed by atoms with Crippen molar-refractivity contribution >= 4 is 17.3 Å². The second kappa shape index (κ2) is 3.93. The van der Waals surface area contributed by atoms with Gasteiger partial charge in [0.25, 0.3) is 0 Å². The quantitative estimate of drug-likeness (QED) is 0.755. The Bertz CT molecular complexity index is 280. The van der Waals surface area contributed by atoms with E-state index < -0.39 is 0 Å². The minimum Gasteiger partial charge on any atom is -0.316 e. The summed E-state index contributed by atoms with van der Waals surface area (Å²) in [5.41, 5.74) is 0.807. The van der Waals surface area contributed by atoms with Gasteiger partial charge in [0.1, 0.15) is 5.78 Å². The first kappa shape index (κ1) is 8.77. The number of nitrogens with one attached hydrogen (secondary N) is 1. The van der Waals surface area contributed by atoms with Gasteiger partial charge in [-0.25, -0.2) is 0 Å². The van der Waals surface area contributed by atoms with Gasteiger partial charge in [-0.05, 0) is 24.5 Å². The topological polar surface area (TPSA) is 54.9 Å². The van der Waals surface area contributed by atoms with Crippen LogP contribution in [0.2, 0.25) is 0 Å². The zero-order chi connectivity index (χ0) is 9.10. The number of nitrogens with zero attached hydrogens (tertiary/aromatic N) is 2. The minimum atomic E-state index is 0.196. The van der Waals surface area contributed by atoms with Gasteiger partial charge in [0.15, 0.2) is 0 Å². The summed E-state index contributed by atoms with van der Waals surface area (Å²) in [4.78, 5) is 11.6. The number of aromatic nitrogens is 2. The lowest BCUT2D eigenvalue weighted by Gasteiger charge is -2.03. The van der Waals surface area contributed by atoms with E-state index in [1.165, 1.54) is 11.5 Å².